The van der Waals surface area contributed by atoms with Gasteiger partial charge in [-0.05, 0) is 56.1 Å². The topological polar surface area (TPSA) is 49.1 Å². The summed E-state index contributed by atoms with van der Waals surface area (Å²) in [5.41, 5.74) is 5.52. The number of methoxy groups -OCH3 is 1. The highest BCUT2D eigenvalue weighted by atomic mass is 16.5. The van der Waals surface area contributed by atoms with Crippen molar-refractivity contribution in [3.63, 3.8) is 0 Å². The first kappa shape index (κ1) is 18.5. The zero-order valence-corrected chi connectivity index (χ0v) is 16.5. The quantitative estimate of drug-likeness (QED) is 0.651. The van der Waals surface area contributed by atoms with Gasteiger partial charge in [-0.2, -0.15) is 5.26 Å². The molecule has 28 heavy (non-hydrogen) atoms. The molecule has 0 aliphatic carbocycles. The summed E-state index contributed by atoms with van der Waals surface area (Å²) in [6, 6.07) is 19.2. The van der Waals surface area contributed by atoms with Gasteiger partial charge in [0.1, 0.15) is 5.75 Å². The zero-order chi connectivity index (χ0) is 19.5. The lowest BCUT2D eigenvalue weighted by Gasteiger charge is -2.30. The molecule has 1 aliphatic heterocycles. The van der Waals surface area contributed by atoms with Crippen molar-refractivity contribution < 1.29 is 4.74 Å². The summed E-state index contributed by atoms with van der Waals surface area (Å²) in [4.78, 5) is 7.42. The monoisotopic (exact) mass is 371 g/mol. The molecule has 142 valence electrons. The summed E-state index contributed by atoms with van der Waals surface area (Å²) in [7, 11) is 1.68. The number of rotatable bonds is 4. The van der Waals surface area contributed by atoms with Crippen LogP contribution in [0.25, 0.3) is 22.2 Å². The smallest absolute Gasteiger partial charge is 0.121 e. The van der Waals surface area contributed by atoms with E-state index in [9.17, 15) is 5.26 Å². The molecule has 0 N–H and O–H groups in total. The fourth-order valence-corrected chi connectivity index (χ4v) is 4.03. The van der Waals surface area contributed by atoms with Crippen LogP contribution >= 0.6 is 0 Å². The average Bonchev–Trinajstić information content (AvgIpc) is 2.73. The lowest BCUT2D eigenvalue weighted by molar-refractivity contribution is 0.192. The second kappa shape index (κ2) is 8.00. The molecule has 2 aromatic carbocycles. The van der Waals surface area contributed by atoms with E-state index in [0.717, 1.165) is 60.4 Å². The third-order valence-corrected chi connectivity index (χ3v) is 5.48. The van der Waals surface area contributed by atoms with Crippen molar-refractivity contribution in [3.8, 4) is 23.1 Å². The van der Waals surface area contributed by atoms with Gasteiger partial charge in [-0.3, -0.25) is 4.90 Å². The van der Waals surface area contributed by atoms with E-state index < -0.39 is 0 Å². The number of nitrogens with zero attached hydrogens (tertiary/aromatic N) is 3. The minimum Gasteiger partial charge on any atom is -0.497 e. The van der Waals surface area contributed by atoms with E-state index in [4.69, 9.17) is 9.72 Å². The molecule has 1 fully saturated rings. The minimum absolute atomic E-state index is 0.133. The number of pyridine rings is 1. The Labute approximate surface area is 166 Å². The second-order valence-electron chi connectivity index (χ2n) is 7.63. The Morgan fingerprint density at radius 3 is 2.89 bits per heavy atom. The molecule has 0 bridgehead atoms. The Morgan fingerprint density at radius 1 is 1.21 bits per heavy atom. The van der Waals surface area contributed by atoms with Crippen molar-refractivity contribution in [3.05, 3.63) is 59.7 Å². The SMILES string of the molecule is COc1ccc2cc(CN3CCCC(C#N)C3)c(-c3cccc(C)c3)nc2c1. The molecule has 0 radical (unpaired) electrons. The molecule has 4 nitrogen and oxygen atoms in total. The number of benzene rings is 2. The third kappa shape index (κ3) is 3.85. The maximum absolute atomic E-state index is 9.33. The van der Waals surface area contributed by atoms with Gasteiger partial charge >= 0.3 is 0 Å². The highest BCUT2D eigenvalue weighted by Crippen LogP contribution is 2.30. The van der Waals surface area contributed by atoms with Crippen LogP contribution in [-0.4, -0.2) is 30.1 Å². The highest BCUT2D eigenvalue weighted by Gasteiger charge is 2.21. The Morgan fingerprint density at radius 2 is 2.11 bits per heavy atom. The Bertz CT molecular complexity index is 1040. The lowest BCUT2D eigenvalue weighted by Crippen LogP contribution is -2.34. The predicted octanol–water partition coefficient (Wildman–Crippen LogP) is 4.95. The number of hydrogen-bond donors (Lipinski definition) is 0. The molecule has 1 aromatic heterocycles. The molecule has 3 aromatic rings. The number of aromatic nitrogens is 1. The minimum atomic E-state index is 0.133. The summed E-state index contributed by atoms with van der Waals surface area (Å²) in [5.74, 6) is 0.949. The Kier molecular flexibility index (Phi) is 5.27. The first-order chi connectivity index (χ1) is 13.7. The maximum atomic E-state index is 9.33. The van der Waals surface area contributed by atoms with Crippen LogP contribution in [0.4, 0.5) is 0 Å². The first-order valence-electron chi connectivity index (χ1n) is 9.83. The number of hydrogen-bond acceptors (Lipinski definition) is 4. The van der Waals surface area contributed by atoms with Gasteiger partial charge in [0.15, 0.2) is 0 Å². The molecule has 2 heterocycles. The number of ether oxygens (including phenoxy) is 1. The van der Waals surface area contributed by atoms with Crippen molar-refractivity contribution in [2.75, 3.05) is 20.2 Å². The number of nitriles is 1. The van der Waals surface area contributed by atoms with E-state index >= 15 is 0 Å². The Balaban J connectivity index is 1.78. The summed E-state index contributed by atoms with van der Waals surface area (Å²) >= 11 is 0. The number of piperidine rings is 1. The van der Waals surface area contributed by atoms with Crippen molar-refractivity contribution in [2.24, 2.45) is 5.92 Å². The number of fused-ring (bicyclic) bond motifs is 1. The molecule has 0 spiro atoms. The van der Waals surface area contributed by atoms with Crippen LogP contribution in [-0.2, 0) is 6.54 Å². The van der Waals surface area contributed by atoms with Crippen LogP contribution in [0.5, 0.6) is 5.75 Å². The van der Waals surface area contributed by atoms with E-state index in [0.29, 0.717) is 0 Å². The molecule has 1 atom stereocenters. The largest absolute Gasteiger partial charge is 0.497 e. The molecule has 4 rings (SSSR count). The van der Waals surface area contributed by atoms with Crippen molar-refractivity contribution in [1.29, 1.82) is 5.26 Å². The summed E-state index contributed by atoms with van der Waals surface area (Å²) < 4.78 is 5.38. The van der Waals surface area contributed by atoms with Gasteiger partial charge in [0.05, 0.1) is 30.3 Å². The average molecular weight is 371 g/mol. The van der Waals surface area contributed by atoms with E-state index in [1.54, 1.807) is 7.11 Å². The van der Waals surface area contributed by atoms with Crippen LogP contribution in [0.15, 0.2) is 48.5 Å². The van der Waals surface area contributed by atoms with E-state index in [-0.39, 0.29) is 5.92 Å². The molecule has 1 saturated heterocycles. The summed E-state index contributed by atoms with van der Waals surface area (Å²) in [6.07, 6.45) is 2.09. The van der Waals surface area contributed by atoms with E-state index in [1.165, 1.54) is 11.1 Å². The maximum Gasteiger partial charge on any atom is 0.121 e. The standard InChI is InChI=1S/C24H25N3O/c1-17-5-3-7-20(11-17)24-21(16-27-10-4-6-18(14-25)15-27)12-19-8-9-22(28-2)13-23(19)26-24/h3,5,7-9,11-13,18H,4,6,10,15-16H2,1-2H3. The summed E-state index contributed by atoms with van der Waals surface area (Å²) in [6.45, 7) is 4.79. The van der Waals surface area contributed by atoms with Gasteiger partial charge in [0, 0.05) is 30.1 Å². The van der Waals surface area contributed by atoms with Crippen LogP contribution in [0, 0.1) is 24.2 Å². The highest BCUT2D eigenvalue weighted by molar-refractivity contribution is 5.84. The zero-order valence-electron chi connectivity index (χ0n) is 16.5. The van der Waals surface area contributed by atoms with Crippen LogP contribution in [0.1, 0.15) is 24.0 Å². The van der Waals surface area contributed by atoms with Crippen molar-refractivity contribution >= 4 is 10.9 Å². The first-order valence-corrected chi connectivity index (χ1v) is 9.83. The van der Waals surface area contributed by atoms with Gasteiger partial charge in [0.2, 0.25) is 0 Å². The second-order valence-corrected chi connectivity index (χ2v) is 7.63. The van der Waals surface area contributed by atoms with Crippen LogP contribution < -0.4 is 4.74 Å². The van der Waals surface area contributed by atoms with E-state index in [2.05, 4.69) is 54.3 Å². The molecule has 0 saturated carbocycles. The van der Waals surface area contributed by atoms with Crippen LogP contribution in [0.3, 0.4) is 0 Å². The molecule has 1 aliphatic rings. The normalized spacial score (nSPS) is 17.4. The van der Waals surface area contributed by atoms with Crippen molar-refractivity contribution in [2.45, 2.75) is 26.3 Å². The van der Waals surface area contributed by atoms with Crippen LogP contribution in [0.2, 0.25) is 0 Å². The van der Waals surface area contributed by atoms with Gasteiger partial charge in [-0.15, -0.1) is 0 Å². The fourth-order valence-electron chi connectivity index (χ4n) is 4.03. The number of aryl methyl sites for hydroxylation is 1. The number of likely N-dealkylation sites (tertiary alicyclic amines) is 1. The predicted molar refractivity (Wildman–Crippen MR) is 112 cm³/mol. The Hall–Kier alpha value is -2.90. The molecule has 0 amide bonds. The van der Waals surface area contributed by atoms with Gasteiger partial charge in [-0.1, -0.05) is 23.8 Å². The lowest BCUT2D eigenvalue weighted by atomic mass is 9.97. The summed E-state index contributed by atoms with van der Waals surface area (Å²) in [5, 5.41) is 10.4. The van der Waals surface area contributed by atoms with E-state index in [1.807, 2.05) is 12.1 Å². The van der Waals surface area contributed by atoms with Gasteiger partial charge in [-0.25, -0.2) is 4.98 Å². The van der Waals surface area contributed by atoms with Gasteiger partial charge < -0.3 is 4.74 Å². The molecular formula is C24H25N3O. The molecular weight excluding hydrogens is 346 g/mol. The molecule has 4 heteroatoms. The third-order valence-electron chi connectivity index (χ3n) is 5.48. The van der Waals surface area contributed by atoms with Crippen molar-refractivity contribution in [1.82, 2.24) is 9.88 Å². The molecule has 1 unspecified atom stereocenters. The fraction of sp³-hybridized carbons (Fsp3) is 0.333. The van der Waals surface area contributed by atoms with Gasteiger partial charge in [0.25, 0.3) is 0 Å².